The number of aliphatic hydroxyl groups is 3. The molecule has 1 saturated carbocycles. The van der Waals surface area contributed by atoms with Crippen LogP contribution in [-0.2, 0) is 6.54 Å². The van der Waals surface area contributed by atoms with Crippen molar-refractivity contribution in [3.63, 3.8) is 0 Å². The molecule has 3 heterocycles. The summed E-state index contributed by atoms with van der Waals surface area (Å²) in [6, 6.07) is 4.84. The largest absolute Gasteiger partial charge is 0.432 e. The Kier molecular flexibility index (Phi) is 8.01. The maximum atomic E-state index is 14.2. The van der Waals surface area contributed by atoms with E-state index in [1.165, 1.54) is 17.4 Å². The number of aryl methyl sites for hydroxylation is 1. The molecule has 4 aromatic rings. The smallest absolute Gasteiger partial charge is 0.387 e. The normalized spacial score (nSPS) is 21.0. The quantitative estimate of drug-likeness (QED) is 0.193. The number of thiazole rings is 1. The van der Waals surface area contributed by atoms with Crippen molar-refractivity contribution in [3.8, 4) is 16.3 Å². The fraction of sp³-hybridized carbons (Fsp3) is 0.407. The fourth-order valence-corrected chi connectivity index (χ4v) is 6.01. The van der Waals surface area contributed by atoms with Gasteiger partial charge in [0.05, 0.1) is 39.9 Å². The van der Waals surface area contributed by atoms with Gasteiger partial charge in [0.25, 0.3) is 0 Å². The van der Waals surface area contributed by atoms with Gasteiger partial charge in [-0.15, -0.1) is 11.3 Å². The molecule has 0 unspecified atom stereocenters. The van der Waals surface area contributed by atoms with E-state index in [1.807, 2.05) is 6.07 Å². The minimum absolute atomic E-state index is 0.0719. The van der Waals surface area contributed by atoms with Crippen LogP contribution in [0.1, 0.15) is 31.5 Å². The lowest BCUT2D eigenvalue weighted by Gasteiger charge is -2.28. The summed E-state index contributed by atoms with van der Waals surface area (Å²) in [6.07, 6.45) is 1.25. The second-order valence-electron chi connectivity index (χ2n) is 10.4. The third kappa shape index (κ3) is 6.20. The highest BCUT2D eigenvalue weighted by molar-refractivity contribution is 7.21. The molecule has 0 bridgehead atoms. The molecule has 218 valence electrons. The molecule has 10 nitrogen and oxygen atoms in total. The van der Waals surface area contributed by atoms with Gasteiger partial charge in [-0.2, -0.15) is 13.8 Å². The van der Waals surface area contributed by atoms with Gasteiger partial charge in [-0.25, -0.2) is 14.4 Å². The van der Waals surface area contributed by atoms with Crippen LogP contribution in [0.3, 0.4) is 0 Å². The van der Waals surface area contributed by atoms with E-state index in [1.54, 1.807) is 33.2 Å². The van der Waals surface area contributed by atoms with Crippen molar-refractivity contribution in [2.24, 2.45) is 5.92 Å². The first kappa shape index (κ1) is 28.9. The predicted molar refractivity (Wildman–Crippen MR) is 147 cm³/mol. The first-order valence-electron chi connectivity index (χ1n) is 12.8. The Morgan fingerprint density at radius 1 is 1.15 bits per heavy atom. The van der Waals surface area contributed by atoms with Gasteiger partial charge in [-0.3, -0.25) is 4.98 Å². The first-order chi connectivity index (χ1) is 19.4. The topological polar surface area (TPSA) is 146 Å². The van der Waals surface area contributed by atoms with Crippen molar-refractivity contribution < 1.29 is 33.2 Å². The SMILES string of the molecule is Cc1nc(NCc2ccc(OC(F)F)c(F)c2)nc(N[C@@H]2C[C@H](C(C)(C)O)[C@@H](O)[C@H]2O)c1-c1nc2cnccc2s1. The van der Waals surface area contributed by atoms with Gasteiger partial charge in [-0.1, -0.05) is 6.07 Å². The van der Waals surface area contributed by atoms with Gasteiger partial charge in [0, 0.05) is 18.7 Å². The van der Waals surface area contributed by atoms with Crippen LogP contribution in [0.2, 0.25) is 0 Å². The van der Waals surface area contributed by atoms with Crippen LogP contribution in [-0.4, -0.2) is 65.7 Å². The average molecular weight is 591 g/mol. The standard InChI is InChI=1S/C27H29F3N6O4S/c1-12-20(24-35-17-11-31-7-6-19(17)41-24)23(34-16-9-14(27(2,3)39)21(37)22(16)38)36-26(33-12)32-10-13-4-5-18(15(28)8-13)40-25(29)30/h4-8,11,14,16,21-22,25,37-39H,9-10H2,1-3H3,(H2,32,33,34,36)/t14-,16+,21+,22-/m0/s1. The van der Waals surface area contributed by atoms with E-state index in [-0.39, 0.29) is 18.9 Å². The van der Waals surface area contributed by atoms with Gasteiger partial charge < -0.3 is 30.7 Å². The van der Waals surface area contributed by atoms with Crippen molar-refractivity contribution in [3.05, 3.63) is 53.7 Å². The summed E-state index contributed by atoms with van der Waals surface area (Å²) in [5.41, 5.74) is 1.05. The van der Waals surface area contributed by atoms with Crippen LogP contribution in [0.15, 0.2) is 36.7 Å². The highest BCUT2D eigenvalue weighted by Gasteiger charge is 2.48. The lowest BCUT2D eigenvalue weighted by Crippen LogP contribution is -2.40. The molecule has 14 heteroatoms. The third-order valence-corrected chi connectivity index (χ3v) is 8.12. The molecule has 3 aromatic heterocycles. The highest BCUT2D eigenvalue weighted by atomic mass is 32.1. The van der Waals surface area contributed by atoms with Crippen molar-refractivity contribution in [2.75, 3.05) is 10.6 Å². The van der Waals surface area contributed by atoms with E-state index in [4.69, 9.17) is 0 Å². The number of pyridine rings is 1. The summed E-state index contributed by atoms with van der Waals surface area (Å²) in [6.45, 7) is 1.87. The lowest BCUT2D eigenvalue weighted by atomic mass is 9.88. The maximum absolute atomic E-state index is 14.2. The van der Waals surface area contributed by atoms with Crippen molar-refractivity contribution >= 4 is 33.3 Å². The summed E-state index contributed by atoms with van der Waals surface area (Å²) >= 11 is 1.42. The summed E-state index contributed by atoms with van der Waals surface area (Å²) < 4.78 is 44.2. The number of ether oxygens (including phenoxy) is 1. The summed E-state index contributed by atoms with van der Waals surface area (Å²) in [4.78, 5) is 18.0. The number of halogens is 3. The minimum atomic E-state index is -3.14. The fourth-order valence-electron chi connectivity index (χ4n) is 4.98. The molecule has 4 atom stereocenters. The molecule has 0 spiro atoms. The molecule has 5 N–H and O–H groups in total. The van der Waals surface area contributed by atoms with Crippen LogP contribution in [0.4, 0.5) is 24.9 Å². The Hall–Kier alpha value is -3.59. The molecule has 0 saturated heterocycles. The van der Waals surface area contributed by atoms with E-state index in [2.05, 4.69) is 35.3 Å². The van der Waals surface area contributed by atoms with Gasteiger partial charge in [0.15, 0.2) is 11.6 Å². The lowest BCUT2D eigenvalue weighted by molar-refractivity contribution is -0.0601. The second kappa shape index (κ2) is 11.4. The Bertz CT molecular complexity index is 1520. The molecule has 1 aromatic carbocycles. The molecule has 41 heavy (non-hydrogen) atoms. The Labute approximate surface area is 237 Å². The summed E-state index contributed by atoms with van der Waals surface area (Å²) in [5.74, 6) is -1.55. The van der Waals surface area contributed by atoms with E-state index in [9.17, 15) is 28.5 Å². The predicted octanol–water partition coefficient (Wildman–Crippen LogP) is 4.10. The first-order valence-corrected chi connectivity index (χ1v) is 13.6. The zero-order valence-corrected chi connectivity index (χ0v) is 23.2. The number of alkyl halides is 2. The Morgan fingerprint density at radius 3 is 2.59 bits per heavy atom. The van der Waals surface area contributed by atoms with Crippen LogP contribution in [0.25, 0.3) is 20.8 Å². The number of nitrogens with one attached hydrogen (secondary N) is 2. The zero-order valence-electron chi connectivity index (χ0n) is 22.3. The van der Waals surface area contributed by atoms with E-state index in [0.29, 0.717) is 33.2 Å². The molecule has 0 aliphatic heterocycles. The molecular formula is C27H29F3N6O4S. The molecule has 5 rings (SSSR count). The van der Waals surface area contributed by atoms with E-state index >= 15 is 0 Å². The van der Waals surface area contributed by atoms with Gasteiger partial charge >= 0.3 is 6.61 Å². The number of fused-ring (bicyclic) bond motifs is 1. The average Bonchev–Trinajstić information content (AvgIpc) is 3.45. The number of hydrogen-bond donors (Lipinski definition) is 5. The van der Waals surface area contributed by atoms with Crippen LogP contribution in [0.5, 0.6) is 5.75 Å². The number of aliphatic hydroxyl groups excluding tert-OH is 2. The third-order valence-electron chi connectivity index (χ3n) is 7.07. The van der Waals surface area contributed by atoms with Crippen molar-refractivity contribution in [2.45, 2.75) is 64.2 Å². The molecule has 1 fully saturated rings. The molecule has 0 radical (unpaired) electrons. The second-order valence-corrected chi connectivity index (χ2v) is 11.5. The van der Waals surface area contributed by atoms with Gasteiger partial charge in [-0.05, 0) is 51.0 Å². The Balaban J connectivity index is 1.46. The number of hydrogen-bond acceptors (Lipinski definition) is 11. The minimum Gasteiger partial charge on any atom is -0.432 e. The monoisotopic (exact) mass is 590 g/mol. The summed E-state index contributed by atoms with van der Waals surface area (Å²) in [7, 11) is 0. The molecular weight excluding hydrogens is 561 g/mol. The van der Waals surface area contributed by atoms with Crippen LogP contribution in [0, 0.1) is 18.7 Å². The van der Waals surface area contributed by atoms with Crippen molar-refractivity contribution in [1.82, 2.24) is 19.9 Å². The maximum Gasteiger partial charge on any atom is 0.387 e. The van der Waals surface area contributed by atoms with Gasteiger partial charge in [0.2, 0.25) is 5.95 Å². The van der Waals surface area contributed by atoms with Crippen LogP contribution < -0.4 is 15.4 Å². The van der Waals surface area contributed by atoms with E-state index in [0.717, 1.165) is 16.8 Å². The zero-order chi connectivity index (χ0) is 29.5. The number of aromatic nitrogens is 4. The van der Waals surface area contributed by atoms with E-state index < -0.39 is 47.9 Å². The Morgan fingerprint density at radius 2 is 1.93 bits per heavy atom. The molecule has 1 aliphatic rings. The molecule has 0 amide bonds. The van der Waals surface area contributed by atoms with Crippen LogP contribution >= 0.6 is 11.3 Å². The summed E-state index contributed by atoms with van der Waals surface area (Å²) in [5, 5.41) is 38.9. The highest BCUT2D eigenvalue weighted by Crippen LogP contribution is 2.40. The number of anilines is 2. The van der Waals surface area contributed by atoms with Crippen molar-refractivity contribution in [1.29, 1.82) is 0 Å². The number of rotatable bonds is 9. The number of nitrogens with zero attached hydrogens (tertiary/aromatic N) is 4. The molecule has 1 aliphatic carbocycles. The number of benzene rings is 1. The van der Waals surface area contributed by atoms with Gasteiger partial charge in [0.1, 0.15) is 22.4 Å².